The summed E-state index contributed by atoms with van der Waals surface area (Å²) in [7, 11) is 1.68. The van der Waals surface area contributed by atoms with E-state index in [1.165, 1.54) is 0 Å². The molecule has 90 valence electrons. The van der Waals surface area contributed by atoms with Crippen LogP contribution in [0, 0.1) is 0 Å². The number of nitrogen functional groups attached to an aromatic ring is 1. The molecule has 0 spiro atoms. The van der Waals surface area contributed by atoms with E-state index in [1.807, 2.05) is 36.4 Å². The second-order valence-electron chi connectivity index (χ2n) is 4.07. The third-order valence-corrected chi connectivity index (χ3v) is 2.99. The molecule has 0 saturated carbocycles. The standard InChI is InChI=1S/C14H13N3O/c1-18-13-7-6-10(12-8-14(15)17-16-12)9-4-2-3-5-11(9)13/h2-8H,1H3,(H3,15,16,17). The minimum Gasteiger partial charge on any atom is -0.496 e. The molecule has 0 saturated heterocycles. The highest BCUT2D eigenvalue weighted by molar-refractivity contribution is 5.99. The average molecular weight is 239 g/mol. The summed E-state index contributed by atoms with van der Waals surface area (Å²) in [5.41, 5.74) is 7.62. The third kappa shape index (κ3) is 1.59. The first-order chi connectivity index (χ1) is 8.79. The van der Waals surface area contributed by atoms with Crippen molar-refractivity contribution in [1.29, 1.82) is 0 Å². The Labute approximate surface area is 104 Å². The lowest BCUT2D eigenvalue weighted by Crippen LogP contribution is -1.87. The molecule has 1 heterocycles. The average Bonchev–Trinajstić information content (AvgIpc) is 2.84. The number of nitrogens with one attached hydrogen (secondary N) is 1. The zero-order chi connectivity index (χ0) is 12.5. The van der Waals surface area contributed by atoms with Crippen molar-refractivity contribution in [1.82, 2.24) is 10.2 Å². The Balaban J connectivity index is 2.31. The minimum absolute atomic E-state index is 0.491. The van der Waals surface area contributed by atoms with Crippen LogP contribution in [0.2, 0.25) is 0 Å². The summed E-state index contributed by atoms with van der Waals surface area (Å²) >= 11 is 0. The molecule has 18 heavy (non-hydrogen) atoms. The first-order valence-electron chi connectivity index (χ1n) is 5.66. The van der Waals surface area contributed by atoms with E-state index < -0.39 is 0 Å². The van der Waals surface area contributed by atoms with E-state index in [0.717, 1.165) is 27.8 Å². The van der Waals surface area contributed by atoms with Crippen LogP contribution in [0.25, 0.3) is 22.0 Å². The summed E-state index contributed by atoms with van der Waals surface area (Å²) in [6.45, 7) is 0. The van der Waals surface area contributed by atoms with Crippen molar-refractivity contribution < 1.29 is 4.74 Å². The Morgan fingerprint density at radius 2 is 1.89 bits per heavy atom. The van der Waals surface area contributed by atoms with Gasteiger partial charge in [-0.2, -0.15) is 5.10 Å². The summed E-state index contributed by atoms with van der Waals surface area (Å²) in [6, 6.07) is 13.9. The van der Waals surface area contributed by atoms with Crippen molar-refractivity contribution in [2.75, 3.05) is 12.8 Å². The van der Waals surface area contributed by atoms with Gasteiger partial charge in [-0.25, -0.2) is 0 Å². The van der Waals surface area contributed by atoms with E-state index in [9.17, 15) is 0 Å². The quantitative estimate of drug-likeness (QED) is 0.722. The monoisotopic (exact) mass is 239 g/mol. The van der Waals surface area contributed by atoms with Crippen molar-refractivity contribution in [3.8, 4) is 17.0 Å². The molecular weight excluding hydrogens is 226 g/mol. The number of nitrogens with two attached hydrogens (primary N) is 1. The van der Waals surface area contributed by atoms with E-state index in [4.69, 9.17) is 10.5 Å². The molecule has 0 amide bonds. The fourth-order valence-electron chi connectivity index (χ4n) is 2.16. The van der Waals surface area contributed by atoms with Crippen LogP contribution in [0.4, 0.5) is 5.82 Å². The highest BCUT2D eigenvalue weighted by Gasteiger charge is 2.09. The number of methoxy groups -OCH3 is 1. The van der Waals surface area contributed by atoms with Gasteiger partial charge in [0.25, 0.3) is 0 Å². The fourth-order valence-corrected chi connectivity index (χ4v) is 2.16. The number of aromatic nitrogens is 2. The topological polar surface area (TPSA) is 63.9 Å². The van der Waals surface area contributed by atoms with Crippen LogP contribution >= 0.6 is 0 Å². The number of benzene rings is 2. The Bertz CT molecular complexity index is 703. The van der Waals surface area contributed by atoms with Gasteiger partial charge in [-0.3, -0.25) is 5.10 Å². The van der Waals surface area contributed by atoms with Crippen molar-refractivity contribution in [3.63, 3.8) is 0 Å². The molecule has 3 rings (SSSR count). The van der Waals surface area contributed by atoms with Crippen LogP contribution in [-0.2, 0) is 0 Å². The summed E-state index contributed by atoms with van der Waals surface area (Å²) in [6.07, 6.45) is 0. The molecule has 0 aliphatic carbocycles. The van der Waals surface area contributed by atoms with Gasteiger partial charge in [-0.15, -0.1) is 0 Å². The van der Waals surface area contributed by atoms with E-state index in [0.29, 0.717) is 5.82 Å². The lowest BCUT2D eigenvalue weighted by atomic mass is 10.0. The maximum absolute atomic E-state index is 5.65. The summed E-state index contributed by atoms with van der Waals surface area (Å²) < 4.78 is 5.37. The van der Waals surface area contributed by atoms with E-state index in [1.54, 1.807) is 7.11 Å². The number of hydrogen-bond donors (Lipinski definition) is 2. The Hall–Kier alpha value is -2.49. The number of ether oxygens (including phenoxy) is 1. The molecule has 0 fully saturated rings. The molecule has 2 aromatic carbocycles. The van der Waals surface area contributed by atoms with Gasteiger partial charge in [0.15, 0.2) is 0 Å². The lowest BCUT2D eigenvalue weighted by molar-refractivity contribution is 0.420. The smallest absolute Gasteiger partial charge is 0.145 e. The summed E-state index contributed by atoms with van der Waals surface area (Å²) in [5.74, 6) is 1.35. The van der Waals surface area contributed by atoms with Crippen LogP contribution in [0.15, 0.2) is 42.5 Å². The molecule has 0 atom stereocenters. The van der Waals surface area contributed by atoms with Crippen molar-refractivity contribution in [2.24, 2.45) is 0 Å². The first-order valence-corrected chi connectivity index (χ1v) is 5.66. The van der Waals surface area contributed by atoms with Crippen LogP contribution in [0.3, 0.4) is 0 Å². The molecule has 3 aromatic rings. The molecule has 4 heteroatoms. The van der Waals surface area contributed by atoms with Gasteiger partial charge in [0, 0.05) is 17.0 Å². The summed E-state index contributed by atoms with van der Waals surface area (Å²) in [5, 5.41) is 9.09. The molecule has 0 aliphatic heterocycles. The molecule has 4 nitrogen and oxygen atoms in total. The van der Waals surface area contributed by atoms with E-state index in [2.05, 4.69) is 16.3 Å². The van der Waals surface area contributed by atoms with E-state index >= 15 is 0 Å². The van der Waals surface area contributed by atoms with Gasteiger partial charge >= 0.3 is 0 Å². The zero-order valence-electron chi connectivity index (χ0n) is 9.97. The number of H-pyrrole nitrogens is 1. The molecule has 3 N–H and O–H groups in total. The van der Waals surface area contributed by atoms with Gasteiger partial charge < -0.3 is 10.5 Å². The third-order valence-electron chi connectivity index (χ3n) is 2.99. The SMILES string of the molecule is COc1ccc(-c2cc(N)n[nH]2)c2ccccc12. The van der Waals surface area contributed by atoms with Crippen molar-refractivity contribution in [2.45, 2.75) is 0 Å². The number of rotatable bonds is 2. The highest BCUT2D eigenvalue weighted by Crippen LogP contribution is 2.33. The van der Waals surface area contributed by atoms with Gasteiger partial charge in [0.05, 0.1) is 12.8 Å². The predicted octanol–water partition coefficient (Wildman–Crippen LogP) is 2.82. The minimum atomic E-state index is 0.491. The number of anilines is 1. The molecule has 0 aliphatic rings. The van der Waals surface area contributed by atoms with Crippen LogP contribution < -0.4 is 10.5 Å². The number of fused-ring (bicyclic) bond motifs is 1. The Morgan fingerprint density at radius 1 is 1.11 bits per heavy atom. The van der Waals surface area contributed by atoms with E-state index in [-0.39, 0.29) is 0 Å². The van der Waals surface area contributed by atoms with Gasteiger partial charge in [0.1, 0.15) is 11.6 Å². The van der Waals surface area contributed by atoms with Crippen molar-refractivity contribution in [3.05, 3.63) is 42.5 Å². The maximum atomic E-state index is 5.65. The molecule has 0 unspecified atom stereocenters. The Morgan fingerprint density at radius 3 is 2.56 bits per heavy atom. The first kappa shape index (κ1) is 10.7. The number of hydrogen-bond acceptors (Lipinski definition) is 3. The van der Waals surface area contributed by atoms with Gasteiger partial charge in [0.2, 0.25) is 0 Å². The van der Waals surface area contributed by atoms with Gasteiger partial charge in [-0.1, -0.05) is 24.3 Å². The van der Waals surface area contributed by atoms with Gasteiger partial charge in [-0.05, 0) is 17.5 Å². The number of nitrogens with zero attached hydrogens (tertiary/aromatic N) is 1. The Kier molecular flexibility index (Phi) is 2.41. The molecule has 0 radical (unpaired) electrons. The lowest BCUT2D eigenvalue weighted by Gasteiger charge is -2.08. The molecule has 0 bridgehead atoms. The largest absolute Gasteiger partial charge is 0.496 e. The molecular formula is C14H13N3O. The maximum Gasteiger partial charge on any atom is 0.145 e. The van der Waals surface area contributed by atoms with Crippen LogP contribution in [-0.4, -0.2) is 17.3 Å². The van der Waals surface area contributed by atoms with Crippen LogP contribution in [0.1, 0.15) is 0 Å². The van der Waals surface area contributed by atoms with Crippen LogP contribution in [0.5, 0.6) is 5.75 Å². The molecule has 1 aromatic heterocycles. The van der Waals surface area contributed by atoms with Crippen molar-refractivity contribution >= 4 is 16.6 Å². The summed E-state index contributed by atoms with van der Waals surface area (Å²) in [4.78, 5) is 0. The second-order valence-corrected chi connectivity index (χ2v) is 4.07. The number of aromatic amines is 1. The second kappa shape index (κ2) is 4.07. The normalized spacial score (nSPS) is 10.7. The fraction of sp³-hybridized carbons (Fsp3) is 0.0714. The predicted molar refractivity (Wildman–Crippen MR) is 72.5 cm³/mol. The highest BCUT2D eigenvalue weighted by atomic mass is 16.5. The zero-order valence-corrected chi connectivity index (χ0v) is 9.97.